The molecule has 1 aromatic rings. The number of benzene rings is 1. The molecule has 0 unspecified atom stereocenters. The summed E-state index contributed by atoms with van der Waals surface area (Å²) in [7, 11) is 0. The van der Waals surface area contributed by atoms with Gasteiger partial charge in [0.2, 0.25) is 11.8 Å². The molecule has 2 fully saturated rings. The average molecular weight is 428 g/mol. The van der Waals surface area contributed by atoms with E-state index in [0.717, 1.165) is 19.4 Å². The highest BCUT2D eigenvalue weighted by Gasteiger charge is 2.29. The first-order chi connectivity index (χ1) is 14.7. The lowest BCUT2D eigenvalue weighted by molar-refractivity contribution is -0.126. The van der Waals surface area contributed by atoms with Crippen molar-refractivity contribution in [2.24, 2.45) is 17.3 Å². The number of anilines is 1. The normalized spacial score (nSPS) is 20.2. The molecule has 1 aliphatic carbocycles. The van der Waals surface area contributed by atoms with Gasteiger partial charge in [-0.2, -0.15) is 0 Å². The largest absolute Gasteiger partial charge is 0.356 e. The van der Waals surface area contributed by atoms with E-state index in [4.69, 9.17) is 0 Å². The maximum atomic E-state index is 13.0. The smallest absolute Gasteiger partial charge is 0.253 e. The van der Waals surface area contributed by atoms with Crippen molar-refractivity contribution in [3.8, 4) is 0 Å². The predicted octanol–water partition coefficient (Wildman–Crippen LogP) is 4.22. The molecule has 0 aromatic heterocycles. The second kappa shape index (κ2) is 10.3. The Morgan fingerprint density at radius 2 is 1.65 bits per heavy atom. The Hall–Kier alpha value is -2.37. The van der Waals surface area contributed by atoms with E-state index in [1.165, 1.54) is 32.1 Å². The standard InChI is InChI=1S/C25H37N3O3/c1-25(2,3)24(31)27-21-13-11-19(12-14-21)23(30)28-15-7-10-20(17-28)22(29)26-16-18-8-5-4-6-9-18/h11-14,18,20H,4-10,15-17H2,1-3H3,(H,26,29)(H,27,31)/t20-/m1/s1. The molecule has 1 saturated heterocycles. The summed E-state index contributed by atoms with van der Waals surface area (Å²) in [5.74, 6) is 0.439. The number of hydrogen-bond donors (Lipinski definition) is 2. The Morgan fingerprint density at radius 1 is 0.968 bits per heavy atom. The van der Waals surface area contributed by atoms with E-state index >= 15 is 0 Å². The maximum Gasteiger partial charge on any atom is 0.253 e. The van der Waals surface area contributed by atoms with E-state index < -0.39 is 5.41 Å². The van der Waals surface area contributed by atoms with Gasteiger partial charge in [0.1, 0.15) is 0 Å². The number of carbonyl (C=O) groups is 3. The monoisotopic (exact) mass is 427 g/mol. The summed E-state index contributed by atoms with van der Waals surface area (Å²) in [6, 6.07) is 7.01. The molecule has 2 aliphatic rings. The molecule has 1 heterocycles. The number of rotatable bonds is 5. The zero-order valence-corrected chi connectivity index (χ0v) is 19.2. The molecular formula is C25H37N3O3. The van der Waals surface area contributed by atoms with Gasteiger partial charge in [0.25, 0.3) is 5.91 Å². The van der Waals surface area contributed by atoms with Crippen molar-refractivity contribution >= 4 is 23.4 Å². The number of carbonyl (C=O) groups excluding carboxylic acids is 3. The highest BCUT2D eigenvalue weighted by molar-refractivity contribution is 5.97. The Labute approximate surface area is 186 Å². The summed E-state index contributed by atoms with van der Waals surface area (Å²) < 4.78 is 0. The predicted molar refractivity (Wildman–Crippen MR) is 123 cm³/mol. The van der Waals surface area contributed by atoms with Crippen LogP contribution < -0.4 is 10.6 Å². The SMILES string of the molecule is CC(C)(C)C(=O)Nc1ccc(C(=O)N2CCC[C@@H](C(=O)NCC3CCCCC3)C2)cc1. The highest BCUT2D eigenvalue weighted by Crippen LogP contribution is 2.24. The van der Waals surface area contributed by atoms with Crippen LogP contribution in [-0.4, -0.2) is 42.3 Å². The molecular weight excluding hydrogens is 390 g/mol. The van der Waals surface area contributed by atoms with E-state index in [2.05, 4.69) is 10.6 Å². The highest BCUT2D eigenvalue weighted by atomic mass is 16.2. The molecule has 1 aliphatic heterocycles. The van der Waals surface area contributed by atoms with Crippen LogP contribution in [-0.2, 0) is 9.59 Å². The summed E-state index contributed by atoms with van der Waals surface area (Å²) in [6.07, 6.45) is 7.94. The summed E-state index contributed by atoms with van der Waals surface area (Å²) in [4.78, 5) is 39.6. The van der Waals surface area contributed by atoms with Crippen LogP contribution in [0.3, 0.4) is 0 Å². The lowest BCUT2D eigenvalue weighted by Crippen LogP contribution is -2.46. The summed E-state index contributed by atoms with van der Waals surface area (Å²) in [5, 5.41) is 6.02. The molecule has 3 rings (SSSR count). The molecule has 1 saturated carbocycles. The summed E-state index contributed by atoms with van der Waals surface area (Å²) in [6.45, 7) is 7.49. The Balaban J connectivity index is 1.52. The van der Waals surface area contributed by atoms with Crippen LogP contribution in [0.5, 0.6) is 0 Å². The molecule has 3 amide bonds. The van der Waals surface area contributed by atoms with E-state index in [9.17, 15) is 14.4 Å². The molecule has 170 valence electrons. The van der Waals surface area contributed by atoms with Gasteiger partial charge in [-0.1, -0.05) is 40.0 Å². The Morgan fingerprint density at radius 3 is 2.29 bits per heavy atom. The van der Waals surface area contributed by atoms with Gasteiger partial charge in [0.15, 0.2) is 0 Å². The van der Waals surface area contributed by atoms with Crippen LogP contribution in [0, 0.1) is 17.3 Å². The minimum Gasteiger partial charge on any atom is -0.356 e. The average Bonchev–Trinajstić information content (AvgIpc) is 2.77. The van der Waals surface area contributed by atoms with Gasteiger partial charge in [-0.3, -0.25) is 14.4 Å². The molecule has 1 aromatic carbocycles. The molecule has 6 nitrogen and oxygen atoms in total. The lowest BCUT2D eigenvalue weighted by Gasteiger charge is -2.32. The Bertz CT molecular complexity index is 776. The second-order valence-corrected chi connectivity index (χ2v) is 10.1. The zero-order chi connectivity index (χ0) is 22.4. The molecule has 0 spiro atoms. The van der Waals surface area contributed by atoms with Crippen LogP contribution in [0.1, 0.15) is 76.1 Å². The topological polar surface area (TPSA) is 78.5 Å². The van der Waals surface area contributed by atoms with Crippen LogP contribution in [0.25, 0.3) is 0 Å². The van der Waals surface area contributed by atoms with E-state index in [0.29, 0.717) is 30.3 Å². The minimum atomic E-state index is -0.477. The van der Waals surface area contributed by atoms with E-state index in [-0.39, 0.29) is 23.6 Å². The minimum absolute atomic E-state index is 0.0570. The van der Waals surface area contributed by atoms with Crippen molar-refractivity contribution in [1.82, 2.24) is 10.2 Å². The van der Waals surface area contributed by atoms with Crippen molar-refractivity contribution in [3.05, 3.63) is 29.8 Å². The number of nitrogens with zero attached hydrogens (tertiary/aromatic N) is 1. The van der Waals surface area contributed by atoms with Crippen LogP contribution in [0.4, 0.5) is 5.69 Å². The van der Waals surface area contributed by atoms with Gasteiger partial charge in [0.05, 0.1) is 5.92 Å². The first kappa shape index (κ1) is 23.3. The summed E-state index contributed by atoms with van der Waals surface area (Å²) >= 11 is 0. The van der Waals surface area contributed by atoms with Crippen LogP contribution >= 0.6 is 0 Å². The molecule has 2 N–H and O–H groups in total. The van der Waals surface area contributed by atoms with Crippen molar-refractivity contribution in [3.63, 3.8) is 0 Å². The number of nitrogens with one attached hydrogen (secondary N) is 2. The van der Waals surface area contributed by atoms with Crippen molar-refractivity contribution in [2.45, 2.75) is 65.7 Å². The van der Waals surface area contributed by atoms with Crippen molar-refractivity contribution in [2.75, 3.05) is 25.0 Å². The first-order valence-corrected chi connectivity index (χ1v) is 11.7. The van der Waals surface area contributed by atoms with Crippen molar-refractivity contribution in [1.29, 1.82) is 0 Å². The third-order valence-corrected chi connectivity index (χ3v) is 6.44. The number of hydrogen-bond acceptors (Lipinski definition) is 3. The lowest BCUT2D eigenvalue weighted by atomic mass is 9.89. The third kappa shape index (κ3) is 6.55. The van der Waals surface area contributed by atoms with Crippen LogP contribution in [0.2, 0.25) is 0 Å². The molecule has 0 radical (unpaired) electrons. The quantitative estimate of drug-likeness (QED) is 0.738. The Kier molecular flexibility index (Phi) is 7.74. The third-order valence-electron chi connectivity index (χ3n) is 6.44. The number of piperidine rings is 1. The summed E-state index contributed by atoms with van der Waals surface area (Å²) in [5.41, 5.74) is 0.779. The fourth-order valence-electron chi connectivity index (χ4n) is 4.35. The number of amides is 3. The van der Waals surface area contributed by atoms with Gasteiger partial charge in [-0.05, 0) is 55.9 Å². The molecule has 6 heteroatoms. The first-order valence-electron chi connectivity index (χ1n) is 11.7. The fourth-order valence-corrected chi connectivity index (χ4v) is 4.35. The van der Waals surface area contributed by atoms with Crippen LogP contribution in [0.15, 0.2) is 24.3 Å². The molecule has 0 bridgehead atoms. The second-order valence-electron chi connectivity index (χ2n) is 10.1. The fraction of sp³-hybridized carbons (Fsp3) is 0.640. The van der Waals surface area contributed by atoms with Gasteiger partial charge < -0.3 is 15.5 Å². The van der Waals surface area contributed by atoms with E-state index in [1.807, 2.05) is 20.8 Å². The van der Waals surface area contributed by atoms with Crippen molar-refractivity contribution < 1.29 is 14.4 Å². The van der Waals surface area contributed by atoms with Gasteiger partial charge in [-0.15, -0.1) is 0 Å². The maximum absolute atomic E-state index is 13.0. The zero-order valence-electron chi connectivity index (χ0n) is 19.2. The van der Waals surface area contributed by atoms with Gasteiger partial charge in [0, 0.05) is 36.3 Å². The van der Waals surface area contributed by atoms with E-state index in [1.54, 1.807) is 29.2 Å². The van der Waals surface area contributed by atoms with Gasteiger partial charge >= 0.3 is 0 Å². The molecule has 1 atom stereocenters. The molecule has 31 heavy (non-hydrogen) atoms. The van der Waals surface area contributed by atoms with Gasteiger partial charge in [-0.25, -0.2) is 0 Å². The number of likely N-dealkylation sites (tertiary alicyclic amines) is 1.